The summed E-state index contributed by atoms with van der Waals surface area (Å²) in [6.07, 6.45) is 3.17. The van der Waals surface area contributed by atoms with Crippen molar-refractivity contribution in [2.45, 2.75) is 26.4 Å². The molecule has 0 bridgehead atoms. The zero-order valence-electron chi connectivity index (χ0n) is 15.7. The molecular formula is C22H20N2O4. The van der Waals surface area contributed by atoms with Gasteiger partial charge in [0.2, 0.25) is 0 Å². The highest BCUT2D eigenvalue weighted by molar-refractivity contribution is 6.16. The SMILES string of the molecule is Cc1c2ccncc2c(COC(=O)CCC(=O)O)c2c3ccccc3n(C)c12. The summed E-state index contributed by atoms with van der Waals surface area (Å²) in [6.45, 7) is 2.16. The maximum atomic E-state index is 12.0. The van der Waals surface area contributed by atoms with Crippen LogP contribution >= 0.6 is 0 Å². The topological polar surface area (TPSA) is 81.4 Å². The lowest BCUT2D eigenvalue weighted by Gasteiger charge is -2.13. The molecule has 0 saturated heterocycles. The lowest BCUT2D eigenvalue weighted by molar-refractivity contribution is -0.148. The van der Waals surface area contributed by atoms with Gasteiger partial charge in [-0.2, -0.15) is 0 Å². The Morgan fingerprint density at radius 2 is 1.89 bits per heavy atom. The Morgan fingerprint density at radius 3 is 2.68 bits per heavy atom. The zero-order valence-corrected chi connectivity index (χ0v) is 15.7. The fourth-order valence-electron chi connectivity index (χ4n) is 3.95. The van der Waals surface area contributed by atoms with Crippen molar-refractivity contribution in [2.24, 2.45) is 7.05 Å². The van der Waals surface area contributed by atoms with E-state index in [0.29, 0.717) is 0 Å². The van der Waals surface area contributed by atoms with Crippen LogP contribution < -0.4 is 0 Å². The number of esters is 1. The average Bonchev–Trinajstić information content (AvgIpc) is 3.00. The maximum absolute atomic E-state index is 12.0. The van der Waals surface area contributed by atoms with E-state index in [1.54, 1.807) is 12.4 Å². The molecule has 4 aromatic rings. The van der Waals surface area contributed by atoms with Crippen molar-refractivity contribution in [1.29, 1.82) is 0 Å². The molecule has 0 aliphatic heterocycles. The van der Waals surface area contributed by atoms with Gasteiger partial charge in [0.1, 0.15) is 6.61 Å². The number of para-hydroxylation sites is 1. The summed E-state index contributed by atoms with van der Waals surface area (Å²) >= 11 is 0. The van der Waals surface area contributed by atoms with Crippen LogP contribution in [0.25, 0.3) is 32.6 Å². The summed E-state index contributed by atoms with van der Waals surface area (Å²) < 4.78 is 7.62. The van der Waals surface area contributed by atoms with Gasteiger partial charge in [0, 0.05) is 46.7 Å². The zero-order chi connectivity index (χ0) is 19.8. The molecule has 0 aliphatic rings. The van der Waals surface area contributed by atoms with Crippen LogP contribution in [0.5, 0.6) is 0 Å². The van der Waals surface area contributed by atoms with E-state index in [1.165, 1.54) is 0 Å². The molecule has 0 radical (unpaired) electrons. The monoisotopic (exact) mass is 376 g/mol. The molecule has 2 aromatic carbocycles. The Labute approximate surface area is 161 Å². The van der Waals surface area contributed by atoms with Crippen molar-refractivity contribution in [3.8, 4) is 0 Å². The van der Waals surface area contributed by atoms with E-state index in [9.17, 15) is 9.59 Å². The van der Waals surface area contributed by atoms with Gasteiger partial charge in [-0.3, -0.25) is 14.6 Å². The summed E-state index contributed by atoms with van der Waals surface area (Å²) in [5.41, 5.74) is 4.23. The molecule has 142 valence electrons. The first-order chi connectivity index (χ1) is 13.5. The Hall–Kier alpha value is -3.41. The number of carbonyl (C=O) groups excluding carboxylic acids is 1. The van der Waals surface area contributed by atoms with Crippen LogP contribution in [-0.2, 0) is 28.0 Å². The number of carbonyl (C=O) groups is 2. The molecule has 0 spiro atoms. The highest BCUT2D eigenvalue weighted by atomic mass is 16.5. The highest BCUT2D eigenvalue weighted by Gasteiger charge is 2.19. The average molecular weight is 376 g/mol. The minimum atomic E-state index is -1.02. The number of aromatic nitrogens is 2. The fourth-order valence-corrected chi connectivity index (χ4v) is 3.95. The molecule has 2 aromatic heterocycles. The Kier molecular flexibility index (Phi) is 4.47. The normalized spacial score (nSPS) is 11.4. The number of carboxylic acid groups (broad SMARTS) is 1. The third-order valence-electron chi connectivity index (χ3n) is 5.23. The lowest BCUT2D eigenvalue weighted by Crippen LogP contribution is -2.08. The van der Waals surface area contributed by atoms with Gasteiger partial charge >= 0.3 is 11.9 Å². The predicted octanol–water partition coefficient (Wildman–Crippen LogP) is 4.10. The van der Waals surface area contributed by atoms with Crippen LogP contribution in [0.4, 0.5) is 0 Å². The molecule has 0 unspecified atom stereocenters. The van der Waals surface area contributed by atoms with Gasteiger partial charge in [-0.15, -0.1) is 0 Å². The lowest BCUT2D eigenvalue weighted by atomic mass is 9.96. The van der Waals surface area contributed by atoms with Gasteiger partial charge in [0.05, 0.1) is 18.4 Å². The maximum Gasteiger partial charge on any atom is 0.306 e. The van der Waals surface area contributed by atoms with Crippen molar-refractivity contribution < 1.29 is 19.4 Å². The number of benzene rings is 2. The van der Waals surface area contributed by atoms with Crippen molar-refractivity contribution >= 4 is 44.5 Å². The van der Waals surface area contributed by atoms with E-state index < -0.39 is 11.9 Å². The van der Waals surface area contributed by atoms with Gasteiger partial charge in [0.25, 0.3) is 0 Å². The number of hydrogen-bond donors (Lipinski definition) is 1. The third kappa shape index (κ3) is 2.87. The van der Waals surface area contributed by atoms with Crippen molar-refractivity contribution in [3.05, 3.63) is 53.9 Å². The minimum absolute atomic E-state index is 0.0748. The van der Waals surface area contributed by atoms with E-state index >= 15 is 0 Å². The van der Waals surface area contributed by atoms with Crippen molar-refractivity contribution in [2.75, 3.05) is 0 Å². The van der Waals surface area contributed by atoms with Crippen LogP contribution in [0.1, 0.15) is 24.0 Å². The minimum Gasteiger partial charge on any atom is -0.481 e. The number of nitrogens with zero attached hydrogens (tertiary/aromatic N) is 2. The number of fused-ring (bicyclic) bond motifs is 4. The first-order valence-electron chi connectivity index (χ1n) is 9.08. The quantitative estimate of drug-likeness (QED) is 0.531. The van der Waals surface area contributed by atoms with E-state index in [2.05, 4.69) is 28.6 Å². The smallest absolute Gasteiger partial charge is 0.306 e. The molecule has 6 heteroatoms. The number of aliphatic carboxylic acids is 1. The molecule has 4 rings (SSSR count). The summed E-state index contributed by atoms with van der Waals surface area (Å²) in [5, 5.41) is 12.9. The van der Waals surface area contributed by atoms with E-state index in [-0.39, 0.29) is 19.4 Å². The standard InChI is InChI=1S/C22H20N2O4/c1-13-14-9-10-23-11-16(14)17(12-28-20(27)8-7-19(25)26)21-15-5-3-4-6-18(15)24(2)22(13)21/h3-6,9-11H,7-8,12H2,1-2H3,(H,25,26). The van der Waals surface area contributed by atoms with Crippen LogP contribution in [0.3, 0.4) is 0 Å². The Bertz CT molecular complexity index is 1240. The summed E-state index contributed by atoms with van der Waals surface area (Å²) in [6, 6.07) is 10.1. The third-order valence-corrected chi connectivity index (χ3v) is 5.23. The molecule has 0 atom stereocenters. The molecule has 0 fully saturated rings. The Balaban J connectivity index is 1.92. The van der Waals surface area contributed by atoms with E-state index in [1.807, 2.05) is 25.2 Å². The summed E-state index contributed by atoms with van der Waals surface area (Å²) in [5.74, 6) is -1.54. The van der Waals surface area contributed by atoms with Gasteiger partial charge in [-0.05, 0) is 30.0 Å². The number of carboxylic acids is 1. The number of ether oxygens (including phenoxy) is 1. The second-order valence-corrected chi connectivity index (χ2v) is 6.88. The highest BCUT2D eigenvalue weighted by Crippen LogP contribution is 2.38. The molecular weight excluding hydrogens is 356 g/mol. The largest absolute Gasteiger partial charge is 0.481 e. The van der Waals surface area contributed by atoms with Gasteiger partial charge in [-0.25, -0.2) is 0 Å². The van der Waals surface area contributed by atoms with Crippen molar-refractivity contribution in [1.82, 2.24) is 9.55 Å². The Morgan fingerprint density at radius 1 is 1.11 bits per heavy atom. The molecule has 2 heterocycles. The number of rotatable bonds is 5. The second-order valence-electron chi connectivity index (χ2n) is 6.88. The van der Waals surface area contributed by atoms with Gasteiger partial charge in [0.15, 0.2) is 0 Å². The van der Waals surface area contributed by atoms with Crippen LogP contribution in [0, 0.1) is 6.92 Å². The molecule has 0 amide bonds. The first kappa shape index (κ1) is 18.0. The van der Waals surface area contributed by atoms with E-state index in [0.717, 1.165) is 43.7 Å². The molecule has 0 aliphatic carbocycles. The number of pyridine rings is 1. The first-order valence-corrected chi connectivity index (χ1v) is 9.08. The fraction of sp³-hybridized carbons (Fsp3) is 0.227. The predicted molar refractivity (Wildman–Crippen MR) is 107 cm³/mol. The van der Waals surface area contributed by atoms with Crippen LogP contribution in [-0.4, -0.2) is 26.6 Å². The molecule has 6 nitrogen and oxygen atoms in total. The van der Waals surface area contributed by atoms with Crippen LogP contribution in [0.15, 0.2) is 42.7 Å². The molecule has 1 N–H and O–H groups in total. The van der Waals surface area contributed by atoms with Crippen LogP contribution in [0.2, 0.25) is 0 Å². The summed E-state index contributed by atoms with van der Waals surface area (Å²) in [7, 11) is 2.04. The molecule has 28 heavy (non-hydrogen) atoms. The van der Waals surface area contributed by atoms with E-state index in [4.69, 9.17) is 9.84 Å². The molecule has 0 saturated carbocycles. The number of aryl methyl sites for hydroxylation is 2. The van der Waals surface area contributed by atoms with Gasteiger partial charge < -0.3 is 14.4 Å². The number of hydrogen-bond acceptors (Lipinski definition) is 4. The second kappa shape index (κ2) is 6.96. The van der Waals surface area contributed by atoms with Crippen molar-refractivity contribution in [3.63, 3.8) is 0 Å². The van der Waals surface area contributed by atoms with Gasteiger partial charge in [-0.1, -0.05) is 18.2 Å². The summed E-state index contributed by atoms with van der Waals surface area (Å²) in [4.78, 5) is 27.0.